The minimum absolute atomic E-state index is 0.157. The second-order valence-corrected chi connectivity index (χ2v) is 4.83. The van der Waals surface area contributed by atoms with Gasteiger partial charge in [-0.1, -0.05) is 0 Å². The van der Waals surface area contributed by atoms with E-state index in [0.29, 0.717) is 5.56 Å². The number of rotatable bonds is 2. The molecule has 6 nitrogen and oxygen atoms in total. The Morgan fingerprint density at radius 3 is 2.78 bits per heavy atom. The van der Waals surface area contributed by atoms with Crippen molar-refractivity contribution in [3.63, 3.8) is 0 Å². The highest BCUT2D eigenvalue weighted by Gasteiger charge is 2.46. The van der Waals surface area contributed by atoms with E-state index in [1.807, 2.05) is 0 Å². The van der Waals surface area contributed by atoms with E-state index in [-0.39, 0.29) is 12.8 Å². The number of aliphatic hydroxyl groups excluding tert-OH is 2. The number of aliphatic hydroxyl groups is 2. The number of nitrogens with zero attached hydrogens (tertiary/aromatic N) is 1. The average molecular weight is 258 g/mol. The molecule has 0 saturated heterocycles. The van der Waals surface area contributed by atoms with Crippen molar-refractivity contribution in [2.75, 3.05) is 6.61 Å². The molecule has 0 radical (unpaired) electrons. The molecular weight excluding hydrogens is 243 g/mol. The predicted molar refractivity (Wildman–Crippen MR) is 61.3 cm³/mol. The maximum Gasteiger partial charge on any atom is 0.328 e. The maximum atomic E-state index is 13.9. The van der Waals surface area contributed by atoms with E-state index in [1.165, 1.54) is 13.1 Å². The molecule has 3 N–H and O–H groups in total. The molecule has 1 heterocycles. The highest BCUT2D eigenvalue weighted by atomic mass is 19.1. The first-order chi connectivity index (χ1) is 8.36. The fourth-order valence-corrected chi connectivity index (χ4v) is 2.35. The Kier molecular flexibility index (Phi) is 3.12. The van der Waals surface area contributed by atoms with Gasteiger partial charge in [0.05, 0.1) is 18.8 Å². The standard InChI is InChI=1S/C11H15FN2O4/c1-6-4-14(10(18)13-9(6)17)7-2-11(12,5-15)3-8(7)16/h4,7-8,15-16H,2-3,5H2,1H3,(H,13,17,18). The van der Waals surface area contributed by atoms with E-state index < -0.39 is 35.7 Å². The summed E-state index contributed by atoms with van der Waals surface area (Å²) in [5.74, 6) is 0. The second kappa shape index (κ2) is 4.33. The van der Waals surface area contributed by atoms with E-state index in [0.717, 1.165) is 4.57 Å². The van der Waals surface area contributed by atoms with Crippen molar-refractivity contribution >= 4 is 0 Å². The van der Waals surface area contributed by atoms with Gasteiger partial charge in [-0.2, -0.15) is 0 Å². The van der Waals surface area contributed by atoms with Crippen molar-refractivity contribution in [2.45, 2.75) is 37.6 Å². The number of hydrogen-bond donors (Lipinski definition) is 3. The predicted octanol–water partition coefficient (Wildman–Crippen LogP) is -0.759. The molecule has 1 aromatic rings. The number of nitrogens with one attached hydrogen (secondary N) is 1. The molecule has 1 saturated carbocycles. The van der Waals surface area contributed by atoms with Crippen LogP contribution in [-0.2, 0) is 0 Å². The molecule has 3 atom stereocenters. The number of aromatic amines is 1. The first kappa shape index (κ1) is 13.0. The largest absolute Gasteiger partial charge is 0.393 e. The summed E-state index contributed by atoms with van der Waals surface area (Å²) >= 11 is 0. The molecule has 0 spiro atoms. The molecular formula is C11H15FN2O4. The third-order valence-corrected chi connectivity index (χ3v) is 3.38. The van der Waals surface area contributed by atoms with Crippen LogP contribution in [0.1, 0.15) is 24.4 Å². The van der Waals surface area contributed by atoms with Crippen LogP contribution in [0.5, 0.6) is 0 Å². The van der Waals surface area contributed by atoms with Gasteiger partial charge in [0.2, 0.25) is 0 Å². The lowest BCUT2D eigenvalue weighted by atomic mass is 10.1. The van der Waals surface area contributed by atoms with Crippen molar-refractivity contribution in [1.29, 1.82) is 0 Å². The van der Waals surface area contributed by atoms with Crippen LogP contribution in [0, 0.1) is 6.92 Å². The van der Waals surface area contributed by atoms with Crippen molar-refractivity contribution in [3.05, 3.63) is 32.6 Å². The van der Waals surface area contributed by atoms with Crippen molar-refractivity contribution < 1.29 is 14.6 Å². The fraction of sp³-hybridized carbons (Fsp3) is 0.636. The van der Waals surface area contributed by atoms with Crippen molar-refractivity contribution in [1.82, 2.24) is 9.55 Å². The maximum absolute atomic E-state index is 13.9. The monoisotopic (exact) mass is 258 g/mol. The summed E-state index contributed by atoms with van der Waals surface area (Å²) in [6.45, 7) is 0.822. The zero-order chi connectivity index (χ0) is 13.5. The summed E-state index contributed by atoms with van der Waals surface area (Å²) < 4.78 is 15.1. The molecule has 0 amide bonds. The van der Waals surface area contributed by atoms with Gasteiger partial charge in [-0.25, -0.2) is 9.18 Å². The zero-order valence-corrected chi connectivity index (χ0v) is 9.89. The van der Waals surface area contributed by atoms with Gasteiger partial charge in [0.1, 0.15) is 5.67 Å². The number of H-pyrrole nitrogens is 1. The van der Waals surface area contributed by atoms with E-state index in [4.69, 9.17) is 5.11 Å². The molecule has 1 aliphatic rings. The summed E-state index contributed by atoms with van der Waals surface area (Å²) in [6.07, 6.45) is -0.141. The summed E-state index contributed by atoms with van der Waals surface area (Å²) in [4.78, 5) is 25.0. The molecule has 0 aromatic carbocycles. The Morgan fingerprint density at radius 1 is 1.56 bits per heavy atom. The number of aromatic nitrogens is 2. The molecule has 3 unspecified atom stereocenters. The van der Waals surface area contributed by atoms with Crippen LogP contribution in [0.3, 0.4) is 0 Å². The molecule has 1 aromatic heterocycles. The van der Waals surface area contributed by atoms with Gasteiger partial charge in [-0.15, -0.1) is 0 Å². The van der Waals surface area contributed by atoms with Crippen LogP contribution in [0.25, 0.3) is 0 Å². The first-order valence-electron chi connectivity index (χ1n) is 5.66. The summed E-state index contributed by atoms with van der Waals surface area (Å²) in [5, 5.41) is 18.7. The van der Waals surface area contributed by atoms with Crippen LogP contribution < -0.4 is 11.2 Å². The second-order valence-electron chi connectivity index (χ2n) is 4.83. The Bertz CT molecular complexity index is 567. The van der Waals surface area contributed by atoms with Crippen LogP contribution in [0.4, 0.5) is 4.39 Å². The molecule has 0 bridgehead atoms. The molecule has 7 heteroatoms. The Morgan fingerprint density at radius 2 is 2.22 bits per heavy atom. The van der Waals surface area contributed by atoms with Crippen LogP contribution >= 0.6 is 0 Å². The fourth-order valence-electron chi connectivity index (χ4n) is 2.35. The van der Waals surface area contributed by atoms with Gasteiger partial charge < -0.3 is 10.2 Å². The molecule has 100 valence electrons. The van der Waals surface area contributed by atoms with Gasteiger partial charge in [0, 0.05) is 24.6 Å². The molecule has 2 rings (SSSR count). The summed E-state index contributed by atoms with van der Waals surface area (Å²) in [7, 11) is 0. The minimum atomic E-state index is -1.88. The molecule has 1 aliphatic carbocycles. The van der Waals surface area contributed by atoms with E-state index >= 15 is 0 Å². The van der Waals surface area contributed by atoms with E-state index in [1.54, 1.807) is 0 Å². The van der Waals surface area contributed by atoms with Gasteiger partial charge in [0.15, 0.2) is 0 Å². The molecule has 1 fully saturated rings. The third kappa shape index (κ3) is 2.11. The normalized spacial score (nSPS) is 31.8. The molecule has 0 aliphatic heterocycles. The molecule has 18 heavy (non-hydrogen) atoms. The lowest BCUT2D eigenvalue weighted by Crippen LogP contribution is -2.35. The number of halogens is 1. The first-order valence-corrected chi connectivity index (χ1v) is 5.66. The van der Waals surface area contributed by atoms with Gasteiger partial charge in [0.25, 0.3) is 5.56 Å². The van der Waals surface area contributed by atoms with E-state index in [9.17, 15) is 19.1 Å². The van der Waals surface area contributed by atoms with Gasteiger partial charge >= 0.3 is 5.69 Å². The van der Waals surface area contributed by atoms with Crippen LogP contribution in [0.2, 0.25) is 0 Å². The highest BCUT2D eigenvalue weighted by molar-refractivity contribution is 5.05. The van der Waals surface area contributed by atoms with E-state index in [2.05, 4.69) is 4.98 Å². The Hall–Kier alpha value is -1.47. The van der Waals surface area contributed by atoms with Gasteiger partial charge in [-0.3, -0.25) is 14.3 Å². The lowest BCUT2D eigenvalue weighted by molar-refractivity contribution is 0.0606. The zero-order valence-electron chi connectivity index (χ0n) is 9.89. The van der Waals surface area contributed by atoms with Crippen LogP contribution in [-0.4, -0.2) is 38.1 Å². The lowest BCUT2D eigenvalue weighted by Gasteiger charge is -2.18. The highest BCUT2D eigenvalue weighted by Crippen LogP contribution is 2.39. The number of aryl methyl sites for hydroxylation is 1. The average Bonchev–Trinajstić information content (AvgIpc) is 2.60. The number of alkyl halides is 1. The summed E-state index contributed by atoms with van der Waals surface area (Å²) in [6, 6.07) is -0.773. The Labute approximate surface area is 102 Å². The SMILES string of the molecule is Cc1cn(C2CC(F)(CO)CC2O)c(=O)[nH]c1=O. The Balaban J connectivity index is 2.42. The number of hydrogen-bond acceptors (Lipinski definition) is 4. The van der Waals surface area contributed by atoms with Gasteiger partial charge in [-0.05, 0) is 6.92 Å². The summed E-state index contributed by atoms with van der Waals surface area (Å²) in [5.41, 5.74) is -2.76. The van der Waals surface area contributed by atoms with Crippen molar-refractivity contribution in [2.24, 2.45) is 0 Å². The topological polar surface area (TPSA) is 95.3 Å². The van der Waals surface area contributed by atoms with Crippen molar-refractivity contribution in [3.8, 4) is 0 Å². The minimum Gasteiger partial charge on any atom is -0.393 e. The third-order valence-electron chi connectivity index (χ3n) is 3.38. The smallest absolute Gasteiger partial charge is 0.328 e. The quantitative estimate of drug-likeness (QED) is 0.650. The van der Waals surface area contributed by atoms with Crippen LogP contribution in [0.15, 0.2) is 15.8 Å².